The van der Waals surface area contributed by atoms with Crippen LogP contribution < -0.4 is 11.0 Å². The first-order chi connectivity index (χ1) is 13.7. The molecule has 4 rings (SSSR count). The monoisotopic (exact) mass is 391 g/mol. The highest BCUT2D eigenvalue weighted by Crippen LogP contribution is 2.23. The minimum atomic E-state index is -0.373. The number of nitrogens with one attached hydrogen (secondary N) is 1. The molecule has 0 saturated carbocycles. The smallest absolute Gasteiger partial charge is 0.324 e. The third-order valence-electron chi connectivity index (χ3n) is 4.04. The van der Waals surface area contributed by atoms with Gasteiger partial charge in [-0.25, -0.2) is 18.9 Å². The Hall–Kier alpha value is -3.39. The van der Waals surface area contributed by atoms with Gasteiger partial charge in [0.2, 0.25) is 5.91 Å². The van der Waals surface area contributed by atoms with E-state index in [2.05, 4.69) is 15.4 Å². The molecule has 2 aromatic heterocycles. The van der Waals surface area contributed by atoms with E-state index in [0.29, 0.717) is 22.1 Å². The van der Waals surface area contributed by atoms with Gasteiger partial charge in [-0.1, -0.05) is 60.3 Å². The Morgan fingerprint density at radius 1 is 1.04 bits per heavy atom. The number of amides is 1. The maximum absolute atomic E-state index is 12.6. The van der Waals surface area contributed by atoms with Gasteiger partial charge in [-0.15, -0.1) is 5.10 Å². The van der Waals surface area contributed by atoms with Gasteiger partial charge < -0.3 is 5.32 Å². The highest BCUT2D eigenvalue weighted by atomic mass is 32.2. The number of nitrogens with zero attached hydrogens (tertiary/aromatic N) is 4. The molecule has 0 atom stereocenters. The number of aromatic nitrogens is 4. The molecule has 0 unspecified atom stereocenters. The second-order valence-electron chi connectivity index (χ2n) is 6.05. The zero-order chi connectivity index (χ0) is 19.3. The SMILES string of the molecule is O=C(Cn1nc2c(SCc3ccccc3)nccn2c1=O)Nc1ccccc1. The summed E-state index contributed by atoms with van der Waals surface area (Å²) in [7, 11) is 0. The van der Waals surface area contributed by atoms with Gasteiger partial charge in [0.05, 0.1) is 0 Å². The first-order valence-electron chi connectivity index (χ1n) is 8.66. The third-order valence-corrected chi connectivity index (χ3v) is 5.08. The molecule has 0 radical (unpaired) electrons. The van der Waals surface area contributed by atoms with Crippen LogP contribution in [0.15, 0.2) is 82.9 Å². The van der Waals surface area contributed by atoms with Crippen molar-refractivity contribution in [2.75, 3.05) is 5.32 Å². The van der Waals surface area contributed by atoms with E-state index in [0.717, 1.165) is 10.2 Å². The lowest BCUT2D eigenvalue weighted by Crippen LogP contribution is -2.28. The van der Waals surface area contributed by atoms with E-state index in [1.165, 1.54) is 16.2 Å². The summed E-state index contributed by atoms with van der Waals surface area (Å²) in [4.78, 5) is 29.2. The van der Waals surface area contributed by atoms with Gasteiger partial charge in [-0.05, 0) is 17.7 Å². The lowest BCUT2D eigenvalue weighted by atomic mass is 10.2. The summed E-state index contributed by atoms with van der Waals surface area (Å²) in [6.07, 6.45) is 3.13. The third kappa shape index (κ3) is 3.96. The van der Waals surface area contributed by atoms with Crippen molar-refractivity contribution in [3.8, 4) is 0 Å². The molecule has 0 aliphatic rings. The van der Waals surface area contributed by atoms with E-state index in [1.54, 1.807) is 24.5 Å². The fraction of sp³-hybridized carbons (Fsp3) is 0.100. The van der Waals surface area contributed by atoms with E-state index in [1.807, 2.05) is 48.5 Å². The minimum absolute atomic E-state index is 0.168. The average Bonchev–Trinajstić information content (AvgIpc) is 3.04. The fourth-order valence-electron chi connectivity index (χ4n) is 2.71. The highest BCUT2D eigenvalue weighted by molar-refractivity contribution is 7.98. The maximum atomic E-state index is 12.6. The number of carbonyl (C=O) groups is 1. The van der Waals surface area contributed by atoms with Crippen molar-refractivity contribution in [3.63, 3.8) is 0 Å². The van der Waals surface area contributed by atoms with Crippen LogP contribution in [0.4, 0.5) is 5.69 Å². The van der Waals surface area contributed by atoms with Crippen LogP contribution in [-0.4, -0.2) is 25.1 Å². The molecule has 0 spiro atoms. The molecule has 1 amide bonds. The molecule has 0 aliphatic carbocycles. The van der Waals surface area contributed by atoms with Gasteiger partial charge in [0, 0.05) is 23.8 Å². The van der Waals surface area contributed by atoms with Crippen LogP contribution in [0.3, 0.4) is 0 Å². The molecule has 4 aromatic rings. The predicted octanol–water partition coefficient (Wildman–Crippen LogP) is 2.82. The Morgan fingerprint density at radius 2 is 1.75 bits per heavy atom. The van der Waals surface area contributed by atoms with Gasteiger partial charge in [0.1, 0.15) is 11.6 Å². The number of carbonyl (C=O) groups excluding carboxylic acids is 1. The van der Waals surface area contributed by atoms with Crippen molar-refractivity contribution in [2.24, 2.45) is 0 Å². The van der Waals surface area contributed by atoms with E-state index in [-0.39, 0.29) is 18.1 Å². The van der Waals surface area contributed by atoms with Crippen molar-refractivity contribution in [1.82, 2.24) is 19.2 Å². The summed E-state index contributed by atoms with van der Waals surface area (Å²) >= 11 is 1.50. The molecule has 0 aliphatic heterocycles. The van der Waals surface area contributed by atoms with Crippen molar-refractivity contribution < 1.29 is 4.79 Å². The number of benzene rings is 2. The zero-order valence-corrected chi connectivity index (χ0v) is 15.7. The van der Waals surface area contributed by atoms with Crippen LogP contribution in [0.1, 0.15) is 5.56 Å². The van der Waals surface area contributed by atoms with Crippen LogP contribution >= 0.6 is 11.8 Å². The van der Waals surface area contributed by atoms with Crippen molar-refractivity contribution in [1.29, 1.82) is 0 Å². The summed E-state index contributed by atoms with van der Waals surface area (Å²) in [6.45, 7) is -0.168. The van der Waals surface area contributed by atoms with E-state index >= 15 is 0 Å². The fourth-order valence-corrected chi connectivity index (χ4v) is 3.61. The topological polar surface area (TPSA) is 81.3 Å². The molecule has 0 saturated heterocycles. The molecule has 7 nitrogen and oxygen atoms in total. The maximum Gasteiger partial charge on any atom is 0.350 e. The second-order valence-corrected chi connectivity index (χ2v) is 7.02. The lowest BCUT2D eigenvalue weighted by molar-refractivity contribution is -0.117. The lowest BCUT2D eigenvalue weighted by Gasteiger charge is -2.03. The van der Waals surface area contributed by atoms with Crippen molar-refractivity contribution in [2.45, 2.75) is 17.3 Å². The van der Waals surface area contributed by atoms with Gasteiger partial charge in [0.25, 0.3) is 0 Å². The molecule has 1 N–H and O–H groups in total. The number of anilines is 1. The van der Waals surface area contributed by atoms with Crippen molar-refractivity contribution in [3.05, 3.63) is 89.1 Å². The van der Waals surface area contributed by atoms with Gasteiger partial charge in [0.15, 0.2) is 5.65 Å². The van der Waals surface area contributed by atoms with Gasteiger partial charge in [-0.2, -0.15) is 0 Å². The number of para-hydroxylation sites is 1. The van der Waals surface area contributed by atoms with Gasteiger partial charge in [-0.3, -0.25) is 4.79 Å². The Labute approximate surface area is 165 Å². The van der Waals surface area contributed by atoms with Crippen LogP contribution in [0.2, 0.25) is 0 Å². The molecule has 0 fully saturated rings. The number of thioether (sulfide) groups is 1. The van der Waals surface area contributed by atoms with Crippen LogP contribution in [0.25, 0.3) is 5.65 Å². The zero-order valence-electron chi connectivity index (χ0n) is 14.9. The summed E-state index contributed by atoms with van der Waals surface area (Å²) in [6, 6.07) is 19.1. The number of hydrogen-bond donors (Lipinski definition) is 1. The number of hydrogen-bond acceptors (Lipinski definition) is 5. The second kappa shape index (κ2) is 8.10. The van der Waals surface area contributed by atoms with Crippen LogP contribution in [0, 0.1) is 0 Å². The number of rotatable bonds is 6. The molecular formula is C20H17N5O2S. The Balaban J connectivity index is 1.54. The summed E-state index contributed by atoms with van der Waals surface area (Å²) in [5.41, 5.74) is 1.90. The normalized spacial score (nSPS) is 10.9. The first-order valence-corrected chi connectivity index (χ1v) is 9.65. The molecule has 140 valence electrons. The Bertz CT molecular complexity index is 1160. The molecular weight excluding hydrogens is 374 g/mol. The molecule has 2 heterocycles. The van der Waals surface area contributed by atoms with Crippen LogP contribution in [0.5, 0.6) is 0 Å². The molecule has 28 heavy (non-hydrogen) atoms. The Kier molecular flexibility index (Phi) is 5.20. The predicted molar refractivity (Wildman–Crippen MR) is 108 cm³/mol. The summed E-state index contributed by atoms with van der Waals surface area (Å²) in [5.74, 6) is 0.395. The van der Waals surface area contributed by atoms with Crippen LogP contribution in [-0.2, 0) is 17.1 Å². The molecule has 0 bridgehead atoms. The molecule has 8 heteroatoms. The van der Waals surface area contributed by atoms with Crippen molar-refractivity contribution >= 4 is 29.0 Å². The van der Waals surface area contributed by atoms with Gasteiger partial charge >= 0.3 is 5.69 Å². The number of fused-ring (bicyclic) bond motifs is 1. The minimum Gasteiger partial charge on any atom is -0.324 e. The summed E-state index contributed by atoms with van der Waals surface area (Å²) in [5, 5.41) is 7.73. The van der Waals surface area contributed by atoms with E-state index in [9.17, 15) is 9.59 Å². The summed E-state index contributed by atoms with van der Waals surface area (Å²) < 4.78 is 2.57. The van der Waals surface area contributed by atoms with E-state index in [4.69, 9.17) is 0 Å². The largest absolute Gasteiger partial charge is 0.350 e. The van der Waals surface area contributed by atoms with E-state index < -0.39 is 0 Å². The first kappa shape index (κ1) is 18.0. The highest BCUT2D eigenvalue weighted by Gasteiger charge is 2.14. The Morgan fingerprint density at radius 3 is 2.50 bits per heavy atom. The quantitative estimate of drug-likeness (QED) is 0.511. The molecule has 2 aromatic carbocycles. The standard InChI is InChI=1S/C20H17N5O2S/c26-17(22-16-9-5-2-6-10-16)13-25-20(27)24-12-11-21-19(18(24)23-25)28-14-15-7-3-1-4-8-15/h1-12H,13-14H2,(H,22,26). The average molecular weight is 391 g/mol.